The monoisotopic (exact) mass is 291 g/mol. The summed E-state index contributed by atoms with van der Waals surface area (Å²) in [5.41, 5.74) is 1.50. The smallest absolute Gasteiger partial charge is 0.161 e. The van der Waals surface area contributed by atoms with Gasteiger partial charge in [0, 0.05) is 24.7 Å². The lowest BCUT2D eigenvalue weighted by Gasteiger charge is -2.11. The van der Waals surface area contributed by atoms with Crippen molar-refractivity contribution in [2.75, 3.05) is 18.5 Å². The first kappa shape index (κ1) is 13.7. The van der Waals surface area contributed by atoms with Crippen LogP contribution < -0.4 is 14.8 Å². The van der Waals surface area contributed by atoms with E-state index in [1.807, 2.05) is 18.2 Å². The zero-order chi connectivity index (χ0) is 14.7. The van der Waals surface area contributed by atoms with E-state index in [1.165, 1.54) is 6.07 Å². The molecule has 0 saturated heterocycles. The van der Waals surface area contributed by atoms with Crippen LogP contribution in [-0.4, -0.2) is 13.2 Å². The number of nitrogens with one attached hydrogen (secondary N) is 1. The summed E-state index contributed by atoms with van der Waals surface area (Å²) >= 11 is 0. The molecule has 2 aromatic carbocycles. The normalized spacial score (nSPS) is 13.6. The molecule has 0 radical (unpaired) electrons. The van der Waals surface area contributed by atoms with Crippen molar-refractivity contribution in [3.05, 3.63) is 53.6 Å². The van der Waals surface area contributed by atoms with Gasteiger partial charge in [-0.3, -0.25) is 0 Å². The molecule has 1 heterocycles. The SMILES string of the molecule is Fc1ccc(NCc2ccc3c(c2)OCCCO3)cc1F. The zero-order valence-corrected chi connectivity index (χ0v) is 11.4. The Labute approximate surface area is 121 Å². The molecule has 1 aliphatic rings. The number of fused-ring (bicyclic) bond motifs is 1. The number of rotatable bonds is 3. The molecule has 3 nitrogen and oxygen atoms in total. The molecule has 0 bridgehead atoms. The van der Waals surface area contributed by atoms with Crippen molar-refractivity contribution < 1.29 is 18.3 Å². The third-order valence-corrected chi connectivity index (χ3v) is 3.23. The van der Waals surface area contributed by atoms with E-state index in [1.54, 1.807) is 0 Å². The first-order chi connectivity index (χ1) is 10.2. The average molecular weight is 291 g/mol. The summed E-state index contributed by atoms with van der Waals surface area (Å²) in [5, 5.41) is 3.05. The van der Waals surface area contributed by atoms with Gasteiger partial charge in [0.15, 0.2) is 23.1 Å². The van der Waals surface area contributed by atoms with Crippen LogP contribution >= 0.6 is 0 Å². The lowest BCUT2D eigenvalue weighted by Crippen LogP contribution is -2.01. The molecule has 2 aromatic rings. The summed E-state index contributed by atoms with van der Waals surface area (Å²) in [7, 11) is 0. The summed E-state index contributed by atoms with van der Waals surface area (Å²) < 4.78 is 37.2. The van der Waals surface area contributed by atoms with Crippen LogP contribution in [0.3, 0.4) is 0 Å². The summed E-state index contributed by atoms with van der Waals surface area (Å²) in [6, 6.07) is 9.42. The molecule has 0 saturated carbocycles. The van der Waals surface area contributed by atoms with Crippen LogP contribution in [0.4, 0.5) is 14.5 Å². The van der Waals surface area contributed by atoms with Crippen LogP contribution in [0.2, 0.25) is 0 Å². The van der Waals surface area contributed by atoms with Crippen molar-refractivity contribution in [3.8, 4) is 11.5 Å². The maximum atomic E-state index is 13.1. The largest absolute Gasteiger partial charge is 0.490 e. The van der Waals surface area contributed by atoms with E-state index in [0.717, 1.165) is 35.6 Å². The molecule has 3 rings (SSSR count). The van der Waals surface area contributed by atoms with Crippen LogP contribution in [0, 0.1) is 11.6 Å². The Morgan fingerprint density at radius 3 is 2.52 bits per heavy atom. The fourth-order valence-corrected chi connectivity index (χ4v) is 2.13. The maximum absolute atomic E-state index is 13.1. The fourth-order valence-electron chi connectivity index (χ4n) is 2.13. The Bertz CT molecular complexity index is 646. The van der Waals surface area contributed by atoms with Crippen molar-refractivity contribution in [1.82, 2.24) is 0 Å². The number of benzene rings is 2. The van der Waals surface area contributed by atoms with Crippen LogP contribution in [0.15, 0.2) is 36.4 Å². The Morgan fingerprint density at radius 1 is 0.905 bits per heavy atom. The number of ether oxygens (including phenoxy) is 2. The zero-order valence-electron chi connectivity index (χ0n) is 11.4. The quantitative estimate of drug-likeness (QED) is 0.934. The minimum Gasteiger partial charge on any atom is -0.490 e. The van der Waals surface area contributed by atoms with Gasteiger partial charge < -0.3 is 14.8 Å². The molecule has 1 N–H and O–H groups in total. The highest BCUT2D eigenvalue weighted by molar-refractivity contribution is 5.47. The third-order valence-electron chi connectivity index (χ3n) is 3.23. The minimum absolute atomic E-state index is 0.488. The highest BCUT2D eigenvalue weighted by Gasteiger charge is 2.10. The van der Waals surface area contributed by atoms with E-state index in [0.29, 0.717) is 25.4 Å². The second-order valence-corrected chi connectivity index (χ2v) is 4.81. The molecule has 0 fully saturated rings. The molecule has 5 heteroatoms. The Kier molecular flexibility index (Phi) is 3.90. The fraction of sp³-hybridized carbons (Fsp3) is 0.250. The van der Waals surface area contributed by atoms with Crippen molar-refractivity contribution in [3.63, 3.8) is 0 Å². The average Bonchev–Trinajstić information content (AvgIpc) is 2.73. The van der Waals surface area contributed by atoms with Gasteiger partial charge in [-0.15, -0.1) is 0 Å². The highest BCUT2D eigenvalue weighted by Crippen LogP contribution is 2.30. The van der Waals surface area contributed by atoms with Crippen LogP contribution in [0.1, 0.15) is 12.0 Å². The number of hydrogen-bond acceptors (Lipinski definition) is 3. The van der Waals surface area contributed by atoms with E-state index in [-0.39, 0.29) is 0 Å². The van der Waals surface area contributed by atoms with Crippen LogP contribution in [0.25, 0.3) is 0 Å². The van der Waals surface area contributed by atoms with E-state index in [9.17, 15) is 8.78 Å². The Balaban J connectivity index is 1.70. The topological polar surface area (TPSA) is 30.5 Å². The van der Waals surface area contributed by atoms with Crippen molar-refractivity contribution in [1.29, 1.82) is 0 Å². The Morgan fingerprint density at radius 2 is 1.71 bits per heavy atom. The van der Waals surface area contributed by atoms with Gasteiger partial charge in [-0.1, -0.05) is 6.07 Å². The highest BCUT2D eigenvalue weighted by atomic mass is 19.2. The lowest BCUT2D eigenvalue weighted by molar-refractivity contribution is 0.297. The molecular weight excluding hydrogens is 276 g/mol. The van der Waals surface area contributed by atoms with Crippen LogP contribution in [-0.2, 0) is 6.54 Å². The van der Waals surface area contributed by atoms with E-state index in [2.05, 4.69) is 5.32 Å². The van der Waals surface area contributed by atoms with Crippen molar-refractivity contribution >= 4 is 5.69 Å². The predicted molar refractivity (Wildman–Crippen MR) is 75.7 cm³/mol. The summed E-state index contributed by atoms with van der Waals surface area (Å²) in [4.78, 5) is 0. The molecule has 0 aromatic heterocycles. The molecule has 110 valence electrons. The van der Waals surface area contributed by atoms with Crippen LogP contribution in [0.5, 0.6) is 11.5 Å². The van der Waals surface area contributed by atoms with E-state index >= 15 is 0 Å². The van der Waals surface area contributed by atoms with Gasteiger partial charge in [-0.25, -0.2) is 8.78 Å². The van der Waals surface area contributed by atoms with Gasteiger partial charge in [0.1, 0.15) is 0 Å². The number of hydrogen-bond donors (Lipinski definition) is 1. The Hall–Kier alpha value is -2.30. The first-order valence-electron chi connectivity index (χ1n) is 6.80. The standard InChI is InChI=1S/C16H15F2NO2/c17-13-4-3-12(9-14(13)18)19-10-11-2-5-15-16(8-11)21-7-1-6-20-15/h2-5,8-9,19H,1,6-7,10H2. The van der Waals surface area contributed by atoms with E-state index < -0.39 is 11.6 Å². The maximum Gasteiger partial charge on any atom is 0.161 e. The molecule has 1 aliphatic heterocycles. The second kappa shape index (κ2) is 5.99. The molecule has 0 spiro atoms. The second-order valence-electron chi connectivity index (χ2n) is 4.81. The van der Waals surface area contributed by atoms with Gasteiger partial charge in [0.2, 0.25) is 0 Å². The first-order valence-corrected chi connectivity index (χ1v) is 6.80. The van der Waals surface area contributed by atoms with Gasteiger partial charge >= 0.3 is 0 Å². The summed E-state index contributed by atoms with van der Waals surface area (Å²) in [5.74, 6) is -0.254. The molecule has 0 aliphatic carbocycles. The summed E-state index contributed by atoms with van der Waals surface area (Å²) in [6.07, 6.45) is 0.858. The van der Waals surface area contributed by atoms with Gasteiger partial charge in [-0.05, 0) is 29.8 Å². The van der Waals surface area contributed by atoms with Gasteiger partial charge in [0.25, 0.3) is 0 Å². The van der Waals surface area contributed by atoms with E-state index in [4.69, 9.17) is 9.47 Å². The van der Waals surface area contributed by atoms with Gasteiger partial charge in [0.05, 0.1) is 13.2 Å². The third kappa shape index (κ3) is 3.24. The summed E-state index contributed by atoms with van der Waals surface area (Å²) in [6.45, 7) is 1.77. The molecular formula is C16H15F2NO2. The van der Waals surface area contributed by atoms with Crippen molar-refractivity contribution in [2.24, 2.45) is 0 Å². The molecule has 0 amide bonds. The van der Waals surface area contributed by atoms with Crippen molar-refractivity contribution in [2.45, 2.75) is 13.0 Å². The number of halogens is 2. The molecule has 0 unspecified atom stereocenters. The predicted octanol–water partition coefficient (Wildman–Crippen LogP) is 3.74. The molecule has 21 heavy (non-hydrogen) atoms. The van der Waals surface area contributed by atoms with Gasteiger partial charge in [-0.2, -0.15) is 0 Å². The lowest BCUT2D eigenvalue weighted by atomic mass is 10.2. The number of anilines is 1. The molecule has 0 atom stereocenters. The minimum atomic E-state index is -0.862.